The number of hydrogen-bond donors (Lipinski definition) is 3. The van der Waals surface area contributed by atoms with Gasteiger partial charge in [0.1, 0.15) is 5.75 Å². The largest absolute Gasteiger partial charge is 0.497 e. The molecule has 0 aromatic heterocycles. The Labute approximate surface area is 167 Å². The molecule has 2 aromatic rings. The molecular formula is C20H20ClN3O4. The van der Waals surface area contributed by atoms with Gasteiger partial charge in [-0.15, -0.1) is 0 Å². The van der Waals surface area contributed by atoms with Crippen LogP contribution in [0, 0.1) is 0 Å². The smallest absolute Gasteiger partial charge is 0.269 e. The Balaban J connectivity index is 1.67. The van der Waals surface area contributed by atoms with Crippen molar-refractivity contribution in [3.05, 3.63) is 70.8 Å². The van der Waals surface area contributed by atoms with Crippen molar-refractivity contribution in [1.82, 2.24) is 16.2 Å². The van der Waals surface area contributed by atoms with Crippen LogP contribution in [-0.4, -0.2) is 31.4 Å². The first-order chi connectivity index (χ1) is 13.5. The molecule has 0 bridgehead atoms. The summed E-state index contributed by atoms with van der Waals surface area (Å²) in [6, 6.07) is 13.6. The molecule has 0 unspecified atom stereocenters. The van der Waals surface area contributed by atoms with E-state index in [4.69, 9.17) is 16.3 Å². The number of halogens is 1. The average molecular weight is 402 g/mol. The van der Waals surface area contributed by atoms with Gasteiger partial charge in [0.05, 0.1) is 7.11 Å². The summed E-state index contributed by atoms with van der Waals surface area (Å²) in [5.74, 6) is -0.515. The molecule has 2 rings (SSSR count). The van der Waals surface area contributed by atoms with Crippen LogP contribution in [0.2, 0.25) is 5.02 Å². The first-order valence-electron chi connectivity index (χ1n) is 8.42. The van der Waals surface area contributed by atoms with E-state index in [1.165, 1.54) is 12.1 Å². The molecule has 0 saturated heterocycles. The van der Waals surface area contributed by atoms with Crippen molar-refractivity contribution in [2.24, 2.45) is 0 Å². The van der Waals surface area contributed by atoms with Gasteiger partial charge in [-0.2, -0.15) is 0 Å². The molecule has 0 fully saturated rings. The number of amides is 3. The van der Waals surface area contributed by atoms with Crippen LogP contribution in [-0.2, 0) is 9.59 Å². The Morgan fingerprint density at radius 2 is 1.82 bits per heavy atom. The maximum absolute atomic E-state index is 11.9. The lowest BCUT2D eigenvalue weighted by atomic mass is 10.2. The van der Waals surface area contributed by atoms with Crippen molar-refractivity contribution >= 4 is 35.4 Å². The summed E-state index contributed by atoms with van der Waals surface area (Å²) in [5.41, 5.74) is 5.73. The average Bonchev–Trinajstić information content (AvgIpc) is 2.70. The van der Waals surface area contributed by atoms with Gasteiger partial charge in [-0.05, 0) is 42.0 Å². The minimum Gasteiger partial charge on any atom is -0.497 e. The molecule has 2 aromatic carbocycles. The zero-order valence-electron chi connectivity index (χ0n) is 15.2. The highest BCUT2D eigenvalue weighted by molar-refractivity contribution is 6.30. The number of carbonyl (C=O) groups excluding carboxylic acids is 3. The van der Waals surface area contributed by atoms with E-state index in [9.17, 15) is 14.4 Å². The Hall–Kier alpha value is -3.32. The first-order valence-corrected chi connectivity index (χ1v) is 8.80. The second kappa shape index (κ2) is 10.7. The number of carbonyl (C=O) groups is 3. The number of hydrogen-bond acceptors (Lipinski definition) is 4. The van der Waals surface area contributed by atoms with Crippen LogP contribution in [0.15, 0.2) is 54.6 Å². The molecular weight excluding hydrogens is 382 g/mol. The lowest BCUT2D eigenvalue weighted by Gasteiger charge is -2.08. The quantitative estimate of drug-likeness (QED) is 0.490. The highest BCUT2D eigenvalue weighted by Gasteiger charge is 2.08. The lowest BCUT2D eigenvalue weighted by Crippen LogP contribution is -2.42. The Morgan fingerprint density at radius 1 is 1.07 bits per heavy atom. The summed E-state index contributed by atoms with van der Waals surface area (Å²) in [5, 5.41) is 3.01. The summed E-state index contributed by atoms with van der Waals surface area (Å²) in [6.45, 7) is 0.130. The minimum absolute atomic E-state index is 0.0118. The number of benzene rings is 2. The molecule has 0 heterocycles. The first kappa shape index (κ1) is 21.0. The summed E-state index contributed by atoms with van der Waals surface area (Å²) in [7, 11) is 1.58. The Bertz CT molecular complexity index is 866. The van der Waals surface area contributed by atoms with Gasteiger partial charge in [-0.3, -0.25) is 25.2 Å². The number of rotatable bonds is 7. The molecule has 3 N–H and O–H groups in total. The van der Waals surface area contributed by atoms with Gasteiger partial charge >= 0.3 is 0 Å². The molecule has 7 nitrogen and oxygen atoms in total. The SMILES string of the molecule is COc1ccc(/C=C/C(=O)NCCC(=O)NNC(=O)c2cccc(Cl)c2)cc1. The molecule has 3 amide bonds. The number of methoxy groups -OCH3 is 1. The molecule has 8 heteroatoms. The number of ether oxygens (including phenoxy) is 1. The fraction of sp³-hybridized carbons (Fsp3) is 0.150. The molecule has 0 saturated carbocycles. The maximum Gasteiger partial charge on any atom is 0.269 e. The normalized spacial score (nSPS) is 10.4. The molecule has 0 aliphatic carbocycles. The highest BCUT2D eigenvalue weighted by Crippen LogP contribution is 2.12. The molecule has 0 aliphatic heterocycles. The summed E-state index contributed by atoms with van der Waals surface area (Å²) in [6.07, 6.45) is 3.04. The lowest BCUT2D eigenvalue weighted by molar-refractivity contribution is -0.122. The van der Waals surface area contributed by atoms with Crippen LogP contribution in [0.4, 0.5) is 0 Å². The van der Waals surface area contributed by atoms with E-state index in [0.29, 0.717) is 10.6 Å². The summed E-state index contributed by atoms with van der Waals surface area (Å²) >= 11 is 5.81. The van der Waals surface area contributed by atoms with Gasteiger partial charge in [-0.1, -0.05) is 29.8 Å². The van der Waals surface area contributed by atoms with Gasteiger partial charge in [-0.25, -0.2) is 0 Å². The molecule has 0 spiro atoms. The van der Waals surface area contributed by atoms with E-state index in [1.807, 2.05) is 12.1 Å². The van der Waals surface area contributed by atoms with Crippen LogP contribution < -0.4 is 20.9 Å². The van der Waals surface area contributed by atoms with E-state index < -0.39 is 11.8 Å². The van der Waals surface area contributed by atoms with Gasteiger partial charge in [0.2, 0.25) is 11.8 Å². The fourth-order valence-corrected chi connectivity index (χ4v) is 2.33. The maximum atomic E-state index is 11.9. The predicted molar refractivity (Wildman–Crippen MR) is 107 cm³/mol. The van der Waals surface area contributed by atoms with Gasteiger partial charge < -0.3 is 10.1 Å². The Morgan fingerprint density at radius 3 is 2.50 bits per heavy atom. The predicted octanol–water partition coefficient (Wildman–Crippen LogP) is 2.33. The van der Waals surface area contributed by atoms with E-state index >= 15 is 0 Å². The fourth-order valence-electron chi connectivity index (χ4n) is 2.14. The molecule has 0 radical (unpaired) electrons. The van der Waals surface area contributed by atoms with Crippen molar-refractivity contribution in [3.63, 3.8) is 0 Å². The van der Waals surface area contributed by atoms with Crippen LogP contribution in [0.25, 0.3) is 6.08 Å². The van der Waals surface area contributed by atoms with Crippen molar-refractivity contribution in [1.29, 1.82) is 0 Å². The zero-order chi connectivity index (χ0) is 20.4. The van der Waals surface area contributed by atoms with Crippen LogP contribution >= 0.6 is 11.6 Å². The van der Waals surface area contributed by atoms with E-state index in [0.717, 1.165) is 11.3 Å². The topological polar surface area (TPSA) is 96.5 Å². The van der Waals surface area contributed by atoms with Crippen LogP contribution in [0.1, 0.15) is 22.3 Å². The van der Waals surface area contributed by atoms with Gasteiger partial charge in [0, 0.05) is 29.6 Å². The molecule has 0 aliphatic rings. The van der Waals surface area contributed by atoms with E-state index in [1.54, 1.807) is 43.5 Å². The van der Waals surface area contributed by atoms with E-state index in [2.05, 4.69) is 16.2 Å². The van der Waals surface area contributed by atoms with Crippen molar-refractivity contribution in [2.45, 2.75) is 6.42 Å². The second-order valence-electron chi connectivity index (χ2n) is 5.66. The van der Waals surface area contributed by atoms with Crippen molar-refractivity contribution in [2.75, 3.05) is 13.7 Å². The summed E-state index contributed by atoms with van der Waals surface area (Å²) < 4.78 is 5.06. The number of hydrazine groups is 1. The number of nitrogens with one attached hydrogen (secondary N) is 3. The third-order valence-electron chi connectivity index (χ3n) is 3.60. The van der Waals surface area contributed by atoms with E-state index in [-0.39, 0.29) is 18.9 Å². The van der Waals surface area contributed by atoms with Crippen LogP contribution in [0.3, 0.4) is 0 Å². The van der Waals surface area contributed by atoms with Gasteiger partial charge in [0.15, 0.2) is 0 Å². The second-order valence-corrected chi connectivity index (χ2v) is 6.10. The third-order valence-corrected chi connectivity index (χ3v) is 3.83. The minimum atomic E-state index is -0.484. The van der Waals surface area contributed by atoms with Crippen molar-refractivity contribution in [3.8, 4) is 5.75 Å². The molecule has 0 atom stereocenters. The monoisotopic (exact) mass is 401 g/mol. The Kier molecular flexibility index (Phi) is 8.05. The molecule has 146 valence electrons. The standard InChI is InChI=1S/C20H20ClN3O4/c1-28-17-8-5-14(6-9-17)7-10-18(25)22-12-11-19(26)23-24-20(27)15-3-2-4-16(21)13-15/h2-10,13H,11-12H2,1H3,(H,22,25)(H,23,26)(H,24,27)/b10-7+. The molecule has 28 heavy (non-hydrogen) atoms. The highest BCUT2D eigenvalue weighted by atomic mass is 35.5. The third kappa shape index (κ3) is 7.13. The van der Waals surface area contributed by atoms with Crippen molar-refractivity contribution < 1.29 is 19.1 Å². The van der Waals surface area contributed by atoms with Gasteiger partial charge in [0.25, 0.3) is 5.91 Å². The zero-order valence-corrected chi connectivity index (χ0v) is 16.0. The van der Waals surface area contributed by atoms with Crippen LogP contribution in [0.5, 0.6) is 5.75 Å². The summed E-state index contributed by atoms with van der Waals surface area (Å²) in [4.78, 5) is 35.4.